The van der Waals surface area contributed by atoms with Gasteiger partial charge in [-0.25, -0.2) is 4.98 Å². The number of anilines is 4. The lowest BCUT2D eigenvalue weighted by Gasteiger charge is -2.13. The lowest BCUT2D eigenvalue weighted by atomic mass is 10.1. The number of amides is 2. The number of benzene rings is 2. The lowest BCUT2D eigenvalue weighted by Crippen LogP contribution is -2.18. The molecule has 2 aromatic carbocycles. The zero-order chi connectivity index (χ0) is 22.5. The van der Waals surface area contributed by atoms with Gasteiger partial charge in [-0.1, -0.05) is 41.9 Å². The summed E-state index contributed by atoms with van der Waals surface area (Å²) in [6, 6.07) is 15.1. The number of nitrogens with one attached hydrogen (secondary N) is 3. The van der Waals surface area contributed by atoms with Crippen LogP contribution in [-0.4, -0.2) is 28.3 Å². The number of hydrogen-bond donors (Lipinski definition) is 4. The van der Waals surface area contributed by atoms with E-state index in [-0.39, 0.29) is 23.3 Å². The summed E-state index contributed by atoms with van der Waals surface area (Å²) in [4.78, 5) is 32.5. The van der Waals surface area contributed by atoms with Crippen LogP contribution in [0.2, 0.25) is 5.02 Å². The van der Waals surface area contributed by atoms with E-state index >= 15 is 0 Å². The Hall–Kier alpha value is -3.65. The van der Waals surface area contributed by atoms with Crippen LogP contribution >= 0.6 is 11.6 Å². The smallest absolute Gasteiger partial charge is 0.254 e. The Morgan fingerprint density at radius 1 is 1.12 bits per heavy atom. The van der Waals surface area contributed by atoms with Crippen LogP contribution in [0.4, 0.5) is 23.1 Å². The van der Waals surface area contributed by atoms with E-state index in [2.05, 4.69) is 25.9 Å². The van der Waals surface area contributed by atoms with Crippen LogP contribution in [0.1, 0.15) is 28.8 Å². The number of nitrogens with zero attached hydrogens (tertiary/aromatic N) is 2. The summed E-state index contributed by atoms with van der Waals surface area (Å²) in [5, 5.41) is 9.54. The molecule has 0 spiro atoms. The zero-order valence-corrected chi connectivity index (χ0v) is 18.0. The maximum Gasteiger partial charge on any atom is 0.254 e. The molecule has 0 unspecified atom stereocenters. The third-order valence-electron chi connectivity index (χ3n) is 5.03. The van der Waals surface area contributed by atoms with Crippen LogP contribution in [0.5, 0.6) is 0 Å². The molecule has 1 saturated carbocycles. The van der Waals surface area contributed by atoms with Crippen molar-refractivity contribution in [3.63, 3.8) is 0 Å². The number of aromatic nitrogens is 2. The average molecular weight is 451 g/mol. The lowest BCUT2D eigenvalue weighted by molar-refractivity contribution is -0.117. The van der Waals surface area contributed by atoms with E-state index in [9.17, 15) is 9.59 Å². The quantitative estimate of drug-likeness (QED) is 0.391. The largest absolute Gasteiger partial charge is 0.369 e. The van der Waals surface area contributed by atoms with Crippen molar-refractivity contribution in [2.24, 2.45) is 11.7 Å². The molecule has 0 bridgehead atoms. The maximum absolute atomic E-state index is 12.1. The molecule has 4 rings (SSSR count). The zero-order valence-electron chi connectivity index (χ0n) is 17.3. The molecule has 1 aliphatic carbocycles. The molecule has 32 heavy (non-hydrogen) atoms. The van der Waals surface area contributed by atoms with Crippen LogP contribution in [-0.2, 0) is 11.2 Å². The summed E-state index contributed by atoms with van der Waals surface area (Å²) in [7, 11) is 0. The SMILES string of the molecule is NC(=O)c1cnc(Nc2ccc(Cl)c(NC(=O)C3CC3)c2)nc1NCCc1ccccc1. The van der Waals surface area contributed by atoms with Gasteiger partial charge in [-0.3, -0.25) is 9.59 Å². The predicted molar refractivity (Wildman–Crippen MR) is 125 cm³/mol. The molecule has 8 nitrogen and oxygen atoms in total. The van der Waals surface area contributed by atoms with Gasteiger partial charge in [0.2, 0.25) is 11.9 Å². The van der Waals surface area contributed by atoms with Crippen LogP contribution in [0, 0.1) is 5.92 Å². The Morgan fingerprint density at radius 3 is 2.62 bits per heavy atom. The van der Waals surface area contributed by atoms with Crippen molar-refractivity contribution in [3.05, 3.63) is 70.9 Å². The minimum Gasteiger partial charge on any atom is -0.369 e. The first-order chi connectivity index (χ1) is 15.5. The highest BCUT2D eigenvalue weighted by molar-refractivity contribution is 6.33. The molecule has 2 amide bonds. The highest BCUT2D eigenvalue weighted by Crippen LogP contribution is 2.33. The molecule has 1 fully saturated rings. The van der Waals surface area contributed by atoms with Gasteiger partial charge in [-0.2, -0.15) is 4.98 Å². The molecule has 0 radical (unpaired) electrons. The standard InChI is InChI=1S/C23H23ClN6O2/c24-18-9-8-16(12-19(18)29-22(32)15-6-7-15)28-23-27-13-17(20(25)31)21(30-23)26-11-10-14-4-2-1-3-5-14/h1-5,8-9,12-13,15H,6-7,10-11H2,(H2,25,31)(H,29,32)(H2,26,27,28,30). The highest BCUT2D eigenvalue weighted by Gasteiger charge is 2.30. The summed E-state index contributed by atoms with van der Waals surface area (Å²) >= 11 is 6.22. The second kappa shape index (κ2) is 9.65. The molecule has 0 atom stereocenters. The molecule has 164 valence electrons. The molecular formula is C23H23ClN6O2. The Labute approximate surface area is 190 Å². The number of primary amides is 1. The highest BCUT2D eigenvalue weighted by atomic mass is 35.5. The molecule has 1 heterocycles. The van der Waals surface area contributed by atoms with Crippen molar-refractivity contribution < 1.29 is 9.59 Å². The summed E-state index contributed by atoms with van der Waals surface area (Å²) in [6.45, 7) is 0.568. The minimum absolute atomic E-state index is 0.0315. The summed E-state index contributed by atoms with van der Waals surface area (Å²) in [6.07, 6.45) is 3.95. The number of halogens is 1. The van der Waals surface area contributed by atoms with Crippen molar-refractivity contribution >= 4 is 46.6 Å². The van der Waals surface area contributed by atoms with Gasteiger partial charge >= 0.3 is 0 Å². The maximum atomic E-state index is 12.1. The fourth-order valence-electron chi connectivity index (χ4n) is 3.14. The van der Waals surface area contributed by atoms with E-state index in [4.69, 9.17) is 17.3 Å². The van der Waals surface area contributed by atoms with E-state index in [0.717, 1.165) is 24.8 Å². The number of rotatable bonds is 9. The van der Waals surface area contributed by atoms with E-state index in [1.54, 1.807) is 18.2 Å². The molecule has 3 aromatic rings. The van der Waals surface area contributed by atoms with Gasteiger partial charge in [0, 0.05) is 24.3 Å². The molecule has 0 saturated heterocycles. The molecule has 5 N–H and O–H groups in total. The number of hydrogen-bond acceptors (Lipinski definition) is 6. The van der Waals surface area contributed by atoms with Crippen molar-refractivity contribution in [2.75, 3.05) is 22.5 Å². The molecule has 0 aliphatic heterocycles. The average Bonchev–Trinajstić information content (AvgIpc) is 3.62. The van der Waals surface area contributed by atoms with E-state index in [1.165, 1.54) is 6.20 Å². The molecule has 1 aliphatic rings. The Balaban J connectivity index is 1.48. The Kier molecular flexibility index (Phi) is 6.51. The van der Waals surface area contributed by atoms with Gasteiger partial charge in [-0.05, 0) is 43.0 Å². The normalized spacial score (nSPS) is 12.8. The third kappa shape index (κ3) is 5.53. The fraction of sp³-hybridized carbons (Fsp3) is 0.217. The van der Waals surface area contributed by atoms with Gasteiger partial charge in [0.15, 0.2) is 0 Å². The minimum atomic E-state index is -0.615. The van der Waals surface area contributed by atoms with E-state index in [1.807, 2.05) is 30.3 Å². The van der Waals surface area contributed by atoms with Gasteiger partial charge in [0.25, 0.3) is 5.91 Å². The second-order valence-electron chi connectivity index (χ2n) is 7.57. The summed E-state index contributed by atoms with van der Waals surface area (Å²) < 4.78 is 0. The third-order valence-corrected chi connectivity index (χ3v) is 5.36. The Morgan fingerprint density at radius 2 is 1.91 bits per heavy atom. The predicted octanol–water partition coefficient (Wildman–Crippen LogP) is 3.98. The molecular weight excluding hydrogens is 428 g/mol. The first-order valence-electron chi connectivity index (χ1n) is 10.3. The van der Waals surface area contributed by atoms with Crippen molar-refractivity contribution in [1.29, 1.82) is 0 Å². The molecule has 9 heteroatoms. The van der Waals surface area contributed by atoms with Gasteiger partial charge in [0.05, 0.1) is 16.3 Å². The first kappa shape index (κ1) is 21.6. The summed E-state index contributed by atoms with van der Waals surface area (Å²) in [5.41, 5.74) is 8.00. The van der Waals surface area contributed by atoms with Crippen LogP contribution < -0.4 is 21.7 Å². The Bertz CT molecular complexity index is 1130. The van der Waals surface area contributed by atoms with Crippen molar-refractivity contribution in [3.8, 4) is 0 Å². The van der Waals surface area contributed by atoms with Crippen molar-refractivity contribution in [2.45, 2.75) is 19.3 Å². The number of carbonyl (C=O) groups is 2. The second-order valence-corrected chi connectivity index (χ2v) is 7.97. The van der Waals surface area contributed by atoms with E-state index < -0.39 is 5.91 Å². The van der Waals surface area contributed by atoms with E-state index in [0.29, 0.717) is 28.8 Å². The van der Waals surface area contributed by atoms with Gasteiger partial charge < -0.3 is 21.7 Å². The van der Waals surface area contributed by atoms with Gasteiger partial charge in [-0.15, -0.1) is 0 Å². The fourth-order valence-corrected chi connectivity index (χ4v) is 3.30. The number of carbonyl (C=O) groups excluding carboxylic acids is 2. The van der Waals surface area contributed by atoms with Crippen LogP contribution in [0.3, 0.4) is 0 Å². The number of nitrogens with two attached hydrogens (primary N) is 1. The monoisotopic (exact) mass is 450 g/mol. The van der Waals surface area contributed by atoms with Crippen LogP contribution in [0.25, 0.3) is 0 Å². The first-order valence-corrected chi connectivity index (χ1v) is 10.7. The van der Waals surface area contributed by atoms with Gasteiger partial charge in [0.1, 0.15) is 5.82 Å². The topological polar surface area (TPSA) is 122 Å². The van der Waals surface area contributed by atoms with Crippen LogP contribution in [0.15, 0.2) is 54.7 Å². The molecule has 1 aromatic heterocycles. The summed E-state index contributed by atoms with van der Waals surface area (Å²) in [5.74, 6) is 0.0457. The van der Waals surface area contributed by atoms with Crippen molar-refractivity contribution in [1.82, 2.24) is 9.97 Å².